The van der Waals surface area contributed by atoms with Crippen LogP contribution in [0.5, 0.6) is 0 Å². The average molecular weight is 1890 g/mol. The smallest absolute Gasteiger partial charge is 0.332 e. The highest BCUT2D eigenvalue weighted by molar-refractivity contribution is 5.74. The lowest BCUT2D eigenvalue weighted by molar-refractivity contribution is -0.424. The molecule has 10 rings (SSSR count). The first-order valence-electron chi connectivity index (χ1n) is 41.4. The molecule has 56 heteroatoms. The quantitative estimate of drug-likeness (QED) is 0.0205. The van der Waals surface area contributed by atoms with Crippen LogP contribution in [0.3, 0.4) is 0 Å². The lowest BCUT2D eigenvalue weighted by atomic mass is 9.87. The van der Waals surface area contributed by atoms with E-state index in [-0.39, 0.29) is 6.47 Å². The van der Waals surface area contributed by atoms with Crippen LogP contribution in [-0.2, 0) is 119 Å². The van der Waals surface area contributed by atoms with Gasteiger partial charge in [0.2, 0.25) is 23.6 Å². The molecule has 10 aliphatic rings. The molecule has 10 aliphatic heterocycles. The predicted molar refractivity (Wildman–Crippen MR) is 399 cm³/mol. The van der Waals surface area contributed by atoms with Gasteiger partial charge in [-0.25, -0.2) is 0 Å². The minimum atomic E-state index is -2.66. The Morgan fingerprint density at radius 1 is 0.349 bits per heavy atom. The fourth-order valence-corrected chi connectivity index (χ4v) is 16.9. The second-order valence-corrected chi connectivity index (χ2v) is 33.0. The van der Waals surface area contributed by atoms with Gasteiger partial charge in [-0.3, -0.25) is 24.0 Å². The van der Waals surface area contributed by atoms with Gasteiger partial charge in [-0.1, -0.05) is 6.92 Å². The first kappa shape index (κ1) is 107. The largest absolute Gasteiger partial charge is 0.410 e. The lowest BCUT2D eigenvalue weighted by Crippen LogP contribution is -2.71. The molecule has 129 heavy (non-hydrogen) atoms. The first-order chi connectivity index (χ1) is 61.0. The molecule has 56 nitrogen and oxygen atoms in total. The molecule has 0 saturated carbocycles. The highest BCUT2D eigenvalue weighted by Gasteiger charge is 2.62. The Kier molecular flexibility index (Phi) is 38.5. The van der Waals surface area contributed by atoms with E-state index in [9.17, 15) is 162 Å². The van der Waals surface area contributed by atoms with Gasteiger partial charge in [0.1, 0.15) is 226 Å². The number of aliphatic hydroxyl groups excluding tert-OH is 27. The Bertz CT molecular complexity index is 3520. The van der Waals surface area contributed by atoms with Crippen molar-refractivity contribution in [3.8, 4) is 0 Å². The summed E-state index contributed by atoms with van der Waals surface area (Å²) < 4.78 is 119. The highest BCUT2D eigenvalue weighted by Crippen LogP contribution is 2.43. The minimum Gasteiger partial charge on any atom is -0.410 e. The van der Waals surface area contributed by atoms with Crippen molar-refractivity contribution in [2.45, 2.75) is 354 Å². The summed E-state index contributed by atoms with van der Waals surface area (Å²) >= 11 is 0. The lowest BCUT2D eigenvalue weighted by Gasteiger charge is -2.51. The molecule has 0 aliphatic carbocycles. The van der Waals surface area contributed by atoms with Crippen molar-refractivity contribution in [3.05, 3.63) is 0 Å². The molecule has 10 fully saturated rings. The zero-order valence-corrected chi connectivity index (χ0v) is 70.0. The van der Waals surface area contributed by atoms with E-state index in [1.165, 1.54) is 13.8 Å². The second-order valence-electron chi connectivity index (χ2n) is 33.0. The van der Waals surface area contributed by atoms with Crippen molar-refractivity contribution < 1.29 is 257 Å². The van der Waals surface area contributed by atoms with Crippen LogP contribution in [-0.4, -0.2) is 540 Å². The maximum Gasteiger partial charge on any atom is 0.332 e. The van der Waals surface area contributed by atoms with Gasteiger partial charge in [0.15, 0.2) is 50.3 Å². The molecule has 0 aromatic rings. The summed E-state index contributed by atoms with van der Waals surface area (Å²) in [7, 11) is 0. The van der Waals surface area contributed by atoms with E-state index in [1.807, 2.05) is 0 Å². The number of carbonyl (C=O) groups is 5. The Morgan fingerprint density at radius 3 is 1.07 bits per heavy atom. The summed E-state index contributed by atoms with van der Waals surface area (Å²) in [5.41, 5.74) is 0. The van der Waals surface area contributed by atoms with Crippen molar-refractivity contribution in [2.24, 2.45) is 5.92 Å². The molecule has 31 N–H and O–H groups in total. The first-order valence-corrected chi connectivity index (χ1v) is 41.4. The number of rotatable bonds is 36. The van der Waals surface area contributed by atoms with Gasteiger partial charge >= 0.3 is 5.97 Å². The van der Waals surface area contributed by atoms with E-state index in [0.29, 0.717) is 0 Å². The molecular formula is C73H122N4O52. The van der Waals surface area contributed by atoms with Crippen molar-refractivity contribution in [1.29, 1.82) is 0 Å². The summed E-state index contributed by atoms with van der Waals surface area (Å²) in [4.78, 5) is 63.5. The van der Waals surface area contributed by atoms with Crippen molar-refractivity contribution in [3.63, 3.8) is 0 Å². The fraction of sp³-hybridized carbons (Fsp3) is 0.932. The molecule has 51 atom stereocenters. The Morgan fingerprint density at radius 2 is 0.667 bits per heavy atom. The van der Waals surface area contributed by atoms with Gasteiger partial charge in [-0.2, -0.15) is 0 Å². The molecule has 10 heterocycles. The summed E-state index contributed by atoms with van der Waals surface area (Å²) in [5, 5.41) is 312. The average Bonchev–Trinajstić information content (AvgIpc) is 0.760. The van der Waals surface area contributed by atoms with E-state index in [1.54, 1.807) is 0 Å². The molecule has 23 unspecified atom stereocenters. The molecule has 0 bridgehead atoms. The van der Waals surface area contributed by atoms with E-state index in [2.05, 4.69) is 21.3 Å². The van der Waals surface area contributed by atoms with Crippen LogP contribution in [0.4, 0.5) is 0 Å². The molecule has 746 valence electrons. The molecule has 10 saturated heterocycles. The number of nitrogens with one attached hydrogen (secondary N) is 4. The van der Waals surface area contributed by atoms with Crippen LogP contribution in [0.25, 0.3) is 0 Å². The monoisotopic (exact) mass is 1890 g/mol. The minimum absolute atomic E-state index is 0.192. The predicted octanol–water partition coefficient (Wildman–Crippen LogP) is -20.6. The van der Waals surface area contributed by atoms with Crippen LogP contribution < -0.4 is 21.3 Å². The topological polar surface area (TPSA) is 864 Å². The Balaban J connectivity index is 0.954. The van der Waals surface area contributed by atoms with Crippen molar-refractivity contribution in [1.82, 2.24) is 21.3 Å². The second kappa shape index (κ2) is 46.6. The van der Waals surface area contributed by atoms with E-state index in [4.69, 9.17) is 94.7 Å². The maximum absolute atomic E-state index is 13.2. The summed E-state index contributed by atoms with van der Waals surface area (Å²) in [5.74, 6) is -7.25. The molecule has 0 aromatic carbocycles. The van der Waals surface area contributed by atoms with Gasteiger partial charge < -0.3 is 254 Å². The van der Waals surface area contributed by atoms with Crippen LogP contribution >= 0.6 is 0 Å². The van der Waals surface area contributed by atoms with Crippen LogP contribution in [0.15, 0.2) is 0 Å². The number of amides is 4. The zero-order valence-electron chi connectivity index (χ0n) is 70.0. The van der Waals surface area contributed by atoms with Crippen molar-refractivity contribution >= 4 is 30.1 Å². The summed E-state index contributed by atoms with van der Waals surface area (Å²) in [6, 6.07) is -7.13. The van der Waals surface area contributed by atoms with E-state index >= 15 is 0 Å². The van der Waals surface area contributed by atoms with Gasteiger partial charge in [0, 0.05) is 33.6 Å². The summed E-state index contributed by atoms with van der Waals surface area (Å²) in [6.45, 7) is -4.52. The SMILES string of the molecule is CC(=O)NC1C(OC2[C@@H](OCC3O[C@@H](O[C@@H]4C(CO)O[C@@H](O[C@@H]5C(CO)O[C@@H](C)C(NC(C)=O)[C@H]5O)C(NC(C)=O)[C@H]4O)C(O)[C@@H](O[C@H]4OC(CO)[C@@H](O)C(O)C4O[C@@H]4OC(CO)[C@@H](O[C@@H]5OC(CO)[C@H](O)[C@H](O)C5O)[C@H](O)C4NC(C)=O)[C@@H]3O)OC(CO)[C@@H](O)[C@@H]2O)OC(CO)[C@@H](O[C@@H]2OC(CO[C@]3(OC=O)CC(O)[C@@H](C)C([C@@H](O)C(O)CO)O3)[C@H](O)[C@H](O)C2O)[C@@H]1O. The number of carbonyl (C=O) groups excluding carboxylic acids is 5. The van der Waals surface area contributed by atoms with Crippen molar-refractivity contribution in [2.75, 3.05) is 66.1 Å². The van der Waals surface area contributed by atoms with Gasteiger partial charge in [-0.15, -0.1) is 0 Å². The molecule has 0 spiro atoms. The standard InChI is InChI=1S/C73H122N4O52/c1-19-25(91)7-73(112-18-86,129-57(19)40(93)26(92)8-78)111-17-35-44(97)51(104)55(108)69(121-35)124-60-32(14-84)118-66(38(48(60)101)76-23(5)89)127-63-52(105)42(95)28(10-80)115-71(63)110-16-34-45(98)62(56(109)70(120-34)125-61-33(15-85)117-65(37(47(61)100)75-22(4)88)122-58-30(12-82)113-20(2)36(46(58)99)74-21(3)87)126-72-64(53(106)43(96)29(11-81)116-72)128-67-39(77-24(6)90)49(102)59(31(13-83)119-67)123-68-54(107)50(103)41(94)27(9-79)114-68/h18-20,25-72,78-85,91-109H,7-17H2,1-6H3,(H,74,87)(H,75,88)(H,76,89)(H,77,90)/t19-,20+,25?,26?,27?,28?,29?,30?,31?,32?,33?,34?,35?,36?,37?,38?,39?,40+,41+,42-,43-,44+,45-,46-,47-,48-,49-,50+,51+,52+,53?,54?,55?,56?,57?,58-,59-,60-,61-,62+,63?,64?,65+,66?,67+,68+,69+,70+,71+,72-,73+/m1/s1. The van der Waals surface area contributed by atoms with E-state index in [0.717, 1.165) is 27.7 Å². The van der Waals surface area contributed by atoms with E-state index < -0.39 is 408 Å². The number of hydrogen-bond acceptors (Lipinski definition) is 52. The Labute approximate surface area is 732 Å². The van der Waals surface area contributed by atoms with Gasteiger partial charge in [-0.05, 0) is 6.92 Å². The Hall–Kier alpha value is -4.49. The third kappa shape index (κ3) is 23.9. The number of aliphatic hydroxyl groups is 27. The van der Waals surface area contributed by atoms with Crippen LogP contribution in [0.1, 0.15) is 48.0 Å². The molecule has 0 radical (unpaired) electrons. The fourth-order valence-electron chi connectivity index (χ4n) is 16.9. The van der Waals surface area contributed by atoms with Crippen LogP contribution in [0, 0.1) is 5.92 Å². The summed E-state index contributed by atoms with van der Waals surface area (Å²) in [6.07, 6.45) is -93.9. The molecular weight excluding hydrogens is 1760 g/mol. The zero-order chi connectivity index (χ0) is 95.1. The van der Waals surface area contributed by atoms with Gasteiger partial charge in [0.25, 0.3) is 6.47 Å². The molecule has 0 aromatic heterocycles. The van der Waals surface area contributed by atoms with Gasteiger partial charge in [0.05, 0.1) is 96.8 Å². The van der Waals surface area contributed by atoms with Crippen LogP contribution in [0.2, 0.25) is 0 Å². The normalized spacial score (nSPS) is 48.1. The third-order valence-electron chi connectivity index (χ3n) is 24.0. The third-order valence-corrected chi connectivity index (χ3v) is 24.0. The molecule has 4 amide bonds. The number of hydrogen-bond donors (Lipinski definition) is 31. The number of ether oxygens (including phenoxy) is 20. The maximum atomic E-state index is 13.2. The highest BCUT2D eigenvalue weighted by atomic mass is 16.9.